The fraction of sp³-hybridized carbons (Fsp3) is 0.525. The summed E-state index contributed by atoms with van der Waals surface area (Å²) in [5.74, 6) is -9.43. The molecule has 10 atom stereocenters. The van der Waals surface area contributed by atoms with E-state index in [2.05, 4.69) is 34.4 Å². The van der Waals surface area contributed by atoms with Crippen molar-refractivity contribution in [1.82, 2.24) is 25.4 Å². The van der Waals surface area contributed by atoms with Crippen molar-refractivity contribution < 1.29 is 58.2 Å². The maximum absolute atomic E-state index is 15.0. The van der Waals surface area contributed by atoms with Crippen LogP contribution in [-0.2, 0) is 41.6 Å². The number of allylic oxidation sites excluding steroid dienone is 4. The van der Waals surface area contributed by atoms with Crippen LogP contribution in [0.15, 0.2) is 76.8 Å². The molecule has 0 saturated carbocycles. The number of aromatic hydroxyl groups is 1. The number of ether oxygens (including phenoxy) is 4. The molecule has 1 spiro atoms. The predicted molar refractivity (Wildman–Crippen MR) is 288 cm³/mol. The van der Waals surface area contributed by atoms with Crippen molar-refractivity contribution in [3.63, 3.8) is 0 Å². The second-order valence-electron chi connectivity index (χ2n) is 22.7. The summed E-state index contributed by atoms with van der Waals surface area (Å²) in [6, 6.07) is 7.89. The molecule has 6 aliphatic heterocycles. The maximum atomic E-state index is 15.0. The summed E-state index contributed by atoms with van der Waals surface area (Å²) in [7, 11) is 1.45. The van der Waals surface area contributed by atoms with Gasteiger partial charge >= 0.3 is 11.8 Å². The van der Waals surface area contributed by atoms with Crippen LogP contribution in [0.3, 0.4) is 0 Å². The lowest BCUT2D eigenvalue weighted by Gasteiger charge is -2.38. The Kier molecular flexibility index (Phi) is 15.3. The average Bonchev–Trinajstić information content (AvgIpc) is 4.10. The van der Waals surface area contributed by atoms with Gasteiger partial charge in [-0.25, -0.2) is 0 Å². The molecular weight excluding hydrogens is 985 g/mol. The number of esters is 1. The molecule has 5 bridgehead atoms. The van der Waals surface area contributed by atoms with Gasteiger partial charge in [0.1, 0.15) is 34.9 Å². The summed E-state index contributed by atoms with van der Waals surface area (Å²) in [4.78, 5) is 85.2. The minimum absolute atomic E-state index is 0.000343. The van der Waals surface area contributed by atoms with Crippen molar-refractivity contribution in [2.24, 2.45) is 40.5 Å². The van der Waals surface area contributed by atoms with Crippen molar-refractivity contribution in [2.45, 2.75) is 131 Å². The first-order chi connectivity index (χ1) is 36.5. The maximum Gasteiger partial charge on any atom is 0.318 e. The molecule has 2 aromatic carbocycles. The number of ketones is 2. The second kappa shape index (κ2) is 21.3. The first kappa shape index (κ1) is 55.2. The number of nitrogens with zero attached hydrogens (tertiary/aromatic N) is 3. The molecule has 7 heterocycles. The molecule has 1 fully saturated rings. The number of aliphatic hydroxyl groups excluding tert-OH is 2. The lowest BCUT2D eigenvalue weighted by molar-refractivity contribution is -0.171. The first-order valence-corrected chi connectivity index (χ1v) is 27.0. The van der Waals surface area contributed by atoms with Gasteiger partial charge < -0.3 is 59.7 Å². The van der Waals surface area contributed by atoms with Crippen LogP contribution in [-0.4, -0.2) is 134 Å². The number of rotatable bonds is 6. The average molecular weight is 1060 g/mol. The molecule has 412 valence electrons. The largest absolute Gasteiger partial charge is 0.507 e. The number of piperidine rings is 1. The van der Waals surface area contributed by atoms with Gasteiger partial charge in [0.15, 0.2) is 0 Å². The van der Waals surface area contributed by atoms with E-state index in [4.69, 9.17) is 23.9 Å². The molecule has 3 aromatic rings. The van der Waals surface area contributed by atoms with E-state index in [0.717, 1.165) is 28.7 Å². The summed E-state index contributed by atoms with van der Waals surface area (Å²) in [6.45, 7) is 20.3. The van der Waals surface area contributed by atoms with E-state index in [-0.39, 0.29) is 50.7 Å². The number of phenolic OH excluding ortho intramolecular Hbond substituents is 1. The lowest BCUT2D eigenvalue weighted by Crippen LogP contribution is -2.50. The van der Waals surface area contributed by atoms with Gasteiger partial charge in [0.05, 0.1) is 47.1 Å². The number of benzene rings is 2. The van der Waals surface area contributed by atoms with Crippen LogP contribution in [0.4, 0.5) is 0 Å². The van der Waals surface area contributed by atoms with Crippen molar-refractivity contribution in [2.75, 3.05) is 33.3 Å². The molecule has 18 heteroatoms. The SMILES string of the molecule is CO[C@H]1/C=C/O[C@@]2(C)Oc3c(C)c(O)c4c(c3C2=O)C2=NC3(CCN(CC(C)C)CC3)NC2=C(NC(=O)/C(C)=C\C=C\[C@H](C)[C@H](O)[C@@H](C)[C@@H](O)[C@@H](C)[C@H](OC(=O)C(C)C(=O)N2CCc3[nH]c5ccccc5c3C2)[C@@H]1C)C4=O. The molecular formula is C59H74N6O12. The Bertz CT molecular complexity index is 3050. The molecule has 2 amide bonds. The highest BCUT2D eigenvalue weighted by molar-refractivity contribution is 6.34. The van der Waals surface area contributed by atoms with Gasteiger partial charge in [-0.3, -0.25) is 29.0 Å². The van der Waals surface area contributed by atoms with Gasteiger partial charge in [-0.2, -0.15) is 0 Å². The molecule has 18 nitrogen and oxygen atoms in total. The van der Waals surface area contributed by atoms with E-state index in [1.165, 1.54) is 40.2 Å². The lowest BCUT2D eigenvalue weighted by atomic mass is 9.78. The highest BCUT2D eigenvalue weighted by Crippen LogP contribution is 2.50. The van der Waals surface area contributed by atoms with Gasteiger partial charge in [-0.1, -0.05) is 78.0 Å². The van der Waals surface area contributed by atoms with Crippen molar-refractivity contribution in [3.8, 4) is 11.5 Å². The molecule has 1 aliphatic carbocycles. The molecule has 77 heavy (non-hydrogen) atoms. The number of amides is 2. The van der Waals surface area contributed by atoms with Crippen LogP contribution in [0.25, 0.3) is 10.9 Å². The molecule has 1 unspecified atom stereocenters. The van der Waals surface area contributed by atoms with Gasteiger partial charge in [-0.05, 0) is 38.8 Å². The number of carbonyl (C=O) groups is 5. The summed E-state index contributed by atoms with van der Waals surface area (Å²) in [6.07, 6.45) is 4.91. The van der Waals surface area contributed by atoms with E-state index in [0.29, 0.717) is 51.4 Å². The highest BCUT2D eigenvalue weighted by atomic mass is 16.7. The Balaban J connectivity index is 1.06. The van der Waals surface area contributed by atoms with E-state index in [9.17, 15) is 34.5 Å². The zero-order valence-corrected chi connectivity index (χ0v) is 46.0. The van der Waals surface area contributed by atoms with Crippen LogP contribution in [0.2, 0.25) is 0 Å². The number of Topliss-reactive ketones (excluding diaryl/α,β-unsaturated/α-hetero) is 2. The molecule has 7 aliphatic rings. The van der Waals surface area contributed by atoms with E-state index in [1.54, 1.807) is 57.7 Å². The smallest absolute Gasteiger partial charge is 0.318 e. The number of aromatic nitrogens is 1. The minimum atomic E-state index is -2.04. The number of nitrogens with one attached hydrogen (secondary N) is 3. The number of hydrogen-bond acceptors (Lipinski definition) is 15. The third-order valence-electron chi connectivity index (χ3n) is 16.8. The van der Waals surface area contributed by atoms with E-state index >= 15 is 4.79 Å². The first-order valence-electron chi connectivity index (χ1n) is 27.0. The third kappa shape index (κ3) is 10.0. The Morgan fingerprint density at radius 3 is 2.34 bits per heavy atom. The topological polar surface area (TPSA) is 242 Å². The minimum Gasteiger partial charge on any atom is -0.507 e. The molecule has 6 N–H and O–H groups in total. The summed E-state index contributed by atoms with van der Waals surface area (Å²) in [5, 5.41) is 43.2. The standard InChI is InChI=1S/C59H74N6O12/c1-29(2)27-64-24-21-59(22-25-64)62-45-42-43-50(68)35(8)53-44(42)54(70)58(10,77-53)75-26-20-41(74-11)32(5)52(76-57(73)36(9)56(72)65-23-19-40-38(28-65)37-17-12-13-18-39(37)60-40)34(7)49(67)33(6)48(66)30(3)15-14-16-31(4)55(71)61-47(51(43)69)46(45)63-59/h12-18,20,26,29-30,32-34,36,41,48-49,52,60,63,66-68H,19,21-25,27-28H2,1-11H3,(H,61,71)/b15-14+,26-20+,31-16-/t30-,32+,33+,34+,36?,41-,48-,49+,52+,58-/m0/s1. The zero-order valence-electron chi connectivity index (χ0n) is 46.0. The number of H-pyrrole nitrogens is 1. The van der Waals surface area contributed by atoms with Gasteiger partial charge in [0.25, 0.3) is 11.7 Å². The van der Waals surface area contributed by atoms with Crippen LogP contribution in [0.5, 0.6) is 11.5 Å². The van der Waals surface area contributed by atoms with E-state index < -0.39 is 101 Å². The number of fused-ring (bicyclic) bond motifs is 16. The Morgan fingerprint density at radius 2 is 1.64 bits per heavy atom. The second-order valence-corrected chi connectivity index (χ2v) is 22.7. The van der Waals surface area contributed by atoms with Gasteiger partial charge in [0.2, 0.25) is 11.7 Å². The summed E-state index contributed by atoms with van der Waals surface area (Å²) in [5.41, 5.74) is 2.60. The number of aliphatic hydroxyl groups is 2. The van der Waals surface area contributed by atoms with Crippen LogP contribution in [0, 0.1) is 42.4 Å². The predicted octanol–water partition coefficient (Wildman–Crippen LogP) is 6.30. The van der Waals surface area contributed by atoms with Crippen molar-refractivity contribution in [1.29, 1.82) is 0 Å². The highest BCUT2D eigenvalue weighted by Gasteiger charge is 2.55. The molecule has 10 rings (SSSR count). The number of para-hydroxylation sites is 1. The zero-order chi connectivity index (χ0) is 55.6. The normalized spacial score (nSPS) is 30.6. The molecule has 0 radical (unpaired) electrons. The number of aromatic amines is 1. The quantitative estimate of drug-likeness (QED) is 0.117. The number of hydrogen-bond donors (Lipinski definition) is 6. The van der Waals surface area contributed by atoms with Crippen molar-refractivity contribution >= 4 is 46.0 Å². The third-order valence-corrected chi connectivity index (χ3v) is 16.8. The van der Waals surface area contributed by atoms with E-state index in [1.807, 2.05) is 24.3 Å². The Hall–Kier alpha value is -6.60. The van der Waals surface area contributed by atoms with Gasteiger partial charge in [-0.15, -0.1) is 0 Å². The fourth-order valence-corrected chi connectivity index (χ4v) is 12.0. The van der Waals surface area contributed by atoms with Gasteiger partial charge in [0, 0.05) is 129 Å². The Morgan fingerprint density at radius 1 is 0.922 bits per heavy atom. The summed E-state index contributed by atoms with van der Waals surface area (Å²) >= 11 is 0. The van der Waals surface area contributed by atoms with Crippen LogP contribution < -0.4 is 15.4 Å². The number of methoxy groups -OCH3 is 1. The monoisotopic (exact) mass is 1060 g/mol. The molecule has 1 aromatic heterocycles. The summed E-state index contributed by atoms with van der Waals surface area (Å²) < 4.78 is 24.9. The number of carbonyl (C=O) groups excluding carboxylic acids is 5. The number of likely N-dealkylation sites (tertiary alicyclic amines) is 1. The van der Waals surface area contributed by atoms with Crippen LogP contribution >= 0.6 is 0 Å². The number of aliphatic imine (C=N–C) groups is 1. The fourth-order valence-electron chi connectivity index (χ4n) is 12.0. The van der Waals surface area contributed by atoms with Crippen molar-refractivity contribution in [3.05, 3.63) is 105 Å². The Labute approximate surface area is 449 Å². The van der Waals surface area contributed by atoms with Crippen LogP contribution in [0.1, 0.15) is 118 Å². The molecule has 1 saturated heterocycles. The number of phenols is 1.